The molecule has 0 aliphatic carbocycles. The zero-order valence-electron chi connectivity index (χ0n) is 11.8. The third-order valence-corrected chi connectivity index (χ3v) is 4.23. The van der Waals surface area contributed by atoms with Crippen LogP contribution in [-0.4, -0.2) is 16.9 Å². The Morgan fingerprint density at radius 2 is 2.00 bits per heavy atom. The van der Waals surface area contributed by atoms with Gasteiger partial charge in [-0.3, -0.25) is 9.98 Å². The Morgan fingerprint density at radius 1 is 1.05 bits per heavy atom. The van der Waals surface area contributed by atoms with Crippen molar-refractivity contribution in [3.05, 3.63) is 60.3 Å². The summed E-state index contributed by atoms with van der Waals surface area (Å²) in [5.74, 6) is 0.795. The number of hydrogen-bond acceptors (Lipinski definition) is 4. The van der Waals surface area contributed by atoms with Crippen molar-refractivity contribution in [2.45, 2.75) is 12.1 Å². The molecule has 1 spiro atoms. The van der Waals surface area contributed by atoms with Crippen LogP contribution in [0.1, 0.15) is 5.56 Å². The summed E-state index contributed by atoms with van der Waals surface area (Å²) in [5.41, 5.74) is 3.57. The maximum atomic E-state index is 6.28. The number of nitrogens with one attached hydrogen (secondary N) is 1. The van der Waals surface area contributed by atoms with Gasteiger partial charge in [0.2, 0.25) is 5.72 Å². The third kappa shape index (κ3) is 1.58. The lowest BCUT2D eigenvalue weighted by atomic mass is 10.1. The molecular formula is C18H13N3O. The minimum atomic E-state index is -0.577. The fourth-order valence-electron chi connectivity index (χ4n) is 3.21. The summed E-state index contributed by atoms with van der Waals surface area (Å²) in [6.45, 7) is 0. The van der Waals surface area contributed by atoms with E-state index in [0.29, 0.717) is 0 Å². The Labute approximate surface area is 127 Å². The summed E-state index contributed by atoms with van der Waals surface area (Å²) >= 11 is 0. The van der Waals surface area contributed by atoms with Crippen LogP contribution in [0.3, 0.4) is 0 Å². The van der Waals surface area contributed by atoms with Crippen molar-refractivity contribution in [2.24, 2.45) is 4.99 Å². The number of ether oxygens (including phenoxy) is 1. The molecule has 1 N–H and O–H groups in total. The van der Waals surface area contributed by atoms with Crippen LogP contribution < -0.4 is 10.1 Å². The molecule has 0 saturated heterocycles. The Morgan fingerprint density at radius 3 is 2.95 bits per heavy atom. The van der Waals surface area contributed by atoms with Crippen LogP contribution in [0.5, 0.6) is 5.75 Å². The number of anilines is 1. The predicted molar refractivity (Wildman–Crippen MR) is 87.0 cm³/mol. The normalized spacial score (nSPS) is 21.3. The molecule has 1 aromatic heterocycles. The number of para-hydroxylation sites is 1. The molecule has 1 unspecified atom stereocenters. The van der Waals surface area contributed by atoms with E-state index in [1.807, 2.05) is 42.6 Å². The van der Waals surface area contributed by atoms with Crippen molar-refractivity contribution in [2.75, 3.05) is 5.32 Å². The van der Waals surface area contributed by atoms with Gasteiger partial charge in [0.05, 0.1) is 11.7 Å². The van der Waals surface area contributed by atoms with Gasteiger partial charge in [0.15, 0.2) is 0 Å². The molecule has 1 atom stereocenters. The molecule has 2 aromatic carbocycles. The summed E-state index contributed by atoms with van der Waals surface area (Å²) in [7, 11) is 0. The molecule has 2 aliphatic rings. The molecule has 3 heterocycles. The van der Waals surface area contributed by atoms with Crippen LogP contribution in [0.15, 0.2) is 59.7 Å². The van der Waals surface area contributed by atoms with Crippen LogP contribution in [0, 0.1) is 0 Å². The van der Waals surface area contributed by atoms with Crippen molar-refractivity contribution in [1.82, 2.24) is 4.98 Å². The van der Waals surface area contributed by atoms with Gasteiger partial charge in [-0.25, -0.2) is 0 Å². The predicted octanol–water partition coefficient (Wildman–Crippen LogP) is 3.69. The topological polar surface area (TPSA) is 46.5 Å². The highest BCUT2D eigenvalue weighted by Gasteiger charge is 2.40. The van der Waals surface area contributed by atoms with Crippen molar-refractivity contribution in [3.8, 4) is 5.75 Å². The summed E-state index contributed by atoms with van der Waals surface area (Å²) < 4.78 is 6.28. The van der Waals surface area contributed by atoms with E-state index in [9.17, 15) is 0 Å². The Balaban J connectivity index is 1.61. The Kier molecular flexibility index (Phi) is 2.17. The minimum absolute atomic E-state index is 0.577. The van der Waals surface area contributed by atoms with E-state index in [1.165, 1.54) is 5.56 Å². The summed E-state index contributed by atoms with van der Waals surface area (Å²) in [6.07, 6.45) is 4.44. The average Bonchev–Trinajstić information content (AvgIpc) is 2.91. The number of hydrogen-bond donors (Lipinski definition) is 1. The van der Waals surface area contributed by atoms with Gasteiger partial charge in [-0.15, -0.1) is 0 Å². The highest BCUT2D eigenvalue weighted by atomic mass is 16.5. The van der Waals surface area contributed by atoms with Crippen molar-refractivity contribution >= 4 is 28.5 Å². The fraction of sp³-hybridized carbons (Fsp3) is 0.111. The minimum Gasteiger partial charge on any atom is -0.460 e. The van der Waals surface area contributed by atoms with Gasteiger partial charge in [0.1, 0.15) is 11.4 Å². The SMILES string of the molecule is C1=Nc2c(ccc3ncccc23)OC12Cc1ccccc1N2. The van der Waals surface area contributed by atoms with Gasteiger partial charge in [0.25, 0.3) is 0 Å². The molecule has 3 aromatic rings. The smallest absolute Gasteiger partial charge is 0.221 e. The second kappa shape index (κ2) is 4.07. The van der Waals surface area contributed by atoms with Crippen molar-refractivity contribution < 1.29 is 4.74 Å². The van der Waals surface area contributed by atoms with Crippen LogP contribution >= 0.6 is 0 Å². The Bertz CT molecular complexity index is 908. The lowest BCUT2D eigenvalue weighted by Gasteiger charge is -2.31. The van der Waals surface area contributed by atoms with E-state index < -0.39 is 5.72 Å². The van der Waals surface area contributed by atoms with Gasteiger partial charge in [-0.1, -0.05) is 18.2 Å². The molecule has 0 amide bonds. The van der Waals surface area contributed by atoms with Gasteiger partial charge in [-0.05, 0) is 35.9 Å². The number of benzene rings is 2. The van der Waals surface area contributed by atoms with E-state index in [2.05, 4.69) is 27.4 Å². The fourth-order valence-corrected chi connectivity index (χ4v) is 3.21. The van der Waals surface area contributed by atoms with E-state index in [4.69, 9.17) is 4.74 Å². The van der Waals surface area contributed by atoms with Crippen LogP contribution in [0.4, 0.5) is 11.4 Å². The Hall–Kier alpha value is -2.88. The number of aromatic nitrogens is 1. The standard InChI is InChI=1S/C18H13N3O/c1-2-6-14-12(4-1)10-18(21-14)11-20-17-13-5-3-9-19-15(13)7-8-16(17)22-18/h1-9,11,21H,10H2. The zero-order chi connectivity index (χ0) is 14.6. The van der Waals surface area contributed by atoms with E-state index in [1.54, 1.807) is 6.20 Å². The molecule has 4 heteroatoms. The number of nitrogens with zero attached hydrogens (tertiary/aromatic N) is 2. The molecule has 0 saturated carbocycles. The van der Waals surface area contributed by atoms with Gasteiger partial charge in [-0.2, -0.15) is 0 Å². The maximum Gasteiger partial charge on any atom is 0.221 e. The molecular weight excluding hydrogens is 274 g/mol. The first-order valence-corrected chi connectivity index (χ1v) is 7.31. The van der Waals surface area contributed by atoms with Crippen molar-refractivity contribution in [3.63, 3.8) is 0 Å². The molecule has 2 aliphatic heterocycles. The first kappa shape index (κ1) is 11.7. The third-order valence-electron chi connectivity index (χ3n) is 4.23. The quantitative estimate of drug-likeness (QED) is 0.686. The number of pyridine rings is 1. The van der Waals surface area contributed by atoms with Gasteiger partial charge >= 0.3 is 0 Å². The monoisotopic (exact) mass is 287 g/mol. The summed E-state index contributed by atoms with van der Waals surface area (Å²) in [4.78, 5) is 9.05. The summed E-state index contributed by atoms with van der Waals surface area (Å²) in [6, 6.07) is 16.1. The van der Waals surface area contributed by atoms with E-state index in [0.717, 1.165) is 34.4 Å². The van der Waals surface area contributed by atoms with Crippen molar-refractivity contribution in [1.29, 1.82) is 0 Å². The molecule has 22 heavy (non-hydrogen) atoms. The molecule has 5 rings (SSSR count). The zero-order valence-corrected chi connectivity index (χ0v) is 11.8. The maximum absolute atomic E-state index is 6.28. The van der Waals surface area contributed by atoms with Crippen LogP contribution in [0.2, 0.25) is 0 Å². The lowest BCUT2D eigenvalue weighted by Crippen LogP contribution is -2.45. The highest BCUT2D eigenvalue weighted by molar-refractivity contribution is 5.97. The molecule has 0 bridgehead atoms. The number of fused-ring (bicyclic) bond motifs is 4. The molecule has 0 radical (unpaired) electrons. The first-order chi connectivity index (χ1) is 10.8. The molecule has 106 valence electrons. The van der Waals surface area contributed by atoms with Crippen LogP contribution in [0.25, 0.3) is 10.9 Å². The first-order valence-electron chi connectivity index (χ1n) is 7.31. The lowest BCUT2D eigenvalue weighted by molar-refractivity contribution is 0.181. The van der Waals surface area contributed by atoms with Gasteiger partial charge < -0.3 is 10.1 Å². The molecule has 0 fully saturated rings. The van der Waals surface area contributed by atoms with Crippen LogP contribution in [-0.2, 0) is 6.42 Å². The average molecular weight is 287 g/mol. The second-order valence-corrected chi connectivity index (χ2v) is 5.69. The summed E-state index contributed by atoms with van der Waals surface area (Å²) in [5, 5.41) is 4.47. The highest BCUT2D eigenvalue weighted by Crippen LogP contribution is 2.42. The molecule has 4 nitrogen and oxygen atoms in total. The second-order valence-electron chi connectivity index (χ2n) is 5.69. The van der Waals surface area contributed by atoms with E-state index >= 15 is 0 Å². The number of aliphatic imine (C=N–C) groups is 1. The number of rotatable bonds is 0. The van der Waals surface area contributed by atoms with Gasteiger partial charge in [0, 0.05) is 23.7 Å². The largest absolute Gasteiger partial charge is 0.460 e. The van der Waals surface area contributed by atoms with E-state index in [-0.39, 0.29) is 0 Å².